The van der Waals surface area contributed by atoms with Gasteiger partial charge in [0, 0.05) is 31.8 Å². The van der Waals surface area contributed by atoms with Crippen LogP contribution in [0.15, 0.2) is 6.20 Å². The number of hydrogen-bond acceptors (Lipinski definition) is 2. The topological polar surface area (TPSA) is 29.9 Å². The average molecular weight is 277 g/mol. The quantitative estimate of drug-likeness (QED) is 0.774. The van der Waals surface area contributed by atoms with E-state index in [4.69, 9.17) is 0 Å². The van der Waals surface area contributed by atoms with E-state index in [-0.39, 0.29) is 6.42 Å². The number of nitrogens with zero attached hydrogens (tertiary/aromatic N) is 2. The molecule has 1 heterocycles. The Morgan fingerprint density at radius 3 is 2.58 bits per heavy atom. The molecular formula is C13H22F3N3. The summed E-state index contributed by atoms with van der Waals surface area (Å²) in [6.07, 6.45) is -2.05. The second-order valence-corrected chi connectivity index (χ2v) is 5.12. The SMILES string of the molecule is CC(C)c1nn(C)cc1CNCCCCC(F)(F)F. The van der Waals surface area contributed by atoms with Crippen molar-refractivity contribution >= 4 is 0 Å². The van der Waals surface area contributed by atoms with Gasteiger partial charge in [-0.1, -0.05) is 13.8 Å². The van der Waals surface area contributed by atoms with E-state index in [1.165, 1.54) is 0 Å². The molecular weight excluding hydrogens is 255 g/mol. The number of unbranched alkanes of at least 4 members (excludes halogenated alkanes) is 1. The normalized spacial score (nSPS) is 12.4. The van der Waals surface area contributed by atoms with Crippen molar-refractivity contribution in [3.8, 4) is 0 Å². The summed E-state index contributed by atoms with van der Waals surface area (Å²) in [6.45, 7) is 5.42. The molecule has 0 radical (unpaired) electrons. The van der Waals surface area contributed by atoms with E-state index in [2.05, 4.69) is 24.3 Å². The smallest absolute Gasteiger partial charge is 0.313 e. The summed E-state index contributed by atoms with van der Waals surface area (Å²) in [5.41, 5.74) is 2.17. The van der Waals surface area contributed by atoms with Crippen LogP contribution in [0.5, 0.6) is 0 Å². The summed E-state index contributed by atoms with van der Waals surface area (Å²) in [5, 5.41) is 7.56. The highest BCUT2D eigenvalue weighted by Crippen LogP contribution is 2.22. The molecule has 3 nitrogen and oxygen atoms in total. The van der Waals surface area contributed by atoms with Crippen LogP contribution in [-0.2, 0) is 13.6 Å². The van der Waals surface area contributed by atoms with Crippen LogP contribution in [0, 0.1) is 0 Å². The average Bonchev–Trinajstić information content (AvgIpc) is 2.63. The van der Waals surface area contributed by atoms with Gasteiger partial charge in [-0.2, -0.15) is 18.3 Å². The molecule has 110 valence electrons. The van der Waals surface area contributed by atoms with Gasteiger partial charge in [0.1, 0.15) is 0 Å². The van der Waals surface area contributed by atoms with Crippen LogP contribution in [0.4, 0.5) is 13.2 Å². The first-order chi connectivity index (χ1) is 8.79. The lowest BCUT2D eigenvalue weighted by Gasteiger charge is -2.08. The molecule has 0 aliphatic heterocycles. The van der Waals surface area contributed by atoms with Crippen LogP contribution >= 0.6 is 0 Å². The molecule has 0 saturated carbocycles. The Balaban J connectivity index is 2.26. The van der Waals surface area contributed by atoms with Crippen molar-refractivity contribution in [1.82, 2.24) is 15.1 Å². The number of alkyl halides is 3. The van der Waals surface area contributed by atoms with Gasteiger partial charge >= 0.3 is 6.18 Å². The molecule has 0 aliphatic carbocycles. The summed E-state index contributed by atoms with van der Waals surface area (Å²) in [5.74, 6) is 0.350. The number of aromatic nitrogens is 2. The molecule has 1 N–H and O–H groups in total. The van der Waals surface area contributed by atoms with Crippen molar-refractivity contribution < 1.29 is 13.2 Å². The van der Waals surface area contributed by atoms with Gasteiger partial charge in [0.2, 0.25) is 0 Å². The second kappa shape index (κ2) is 6.93. The Morgan fingerprint density at radius 2 is 2.00 bits per heavy atom. The van der Waals surface area contributed by atoms with Gasteiger partial charge in [-0.3, -0.25) is 4.68 Å². The molecule has 6 heteroatoms. The molecule has 0 aromatic carbocycles. The molecule has 0 spiro atoms. The summed E-state index contributed by atoms with van der Waals surface area (Å²) >= 11 is 0. The van der Waals surface area contributed by atoms with Crippen LogP contribution in [0.1, 0.15) is 50.3 Å². The predicted octanol–water partition coefficient (Wildman–Crippen LogP) is 3.37. The zero-order chi connectivity index (χ0) is 14.5. The first kappa shape index (κ1) is 16.0. The zero-order valence-electron chi connectivity index (χ0n) is 11.7. The first-order valence-electron chi connectivity index (χ1n) is 6.59. The lowest BCUT2D eigenvalue weighted by atomic mass is 10.1. The van der Waals surface area contributed by atoms with E-state index in [0.29, 0.717) is 25.4 Å². The molecule has 0 bridgehead atoms. The molecule has 1 aromatic heterocycles. The molecule has 0 atom stereocenters. The Bertz CT molecular complexity index is 383. The molecule has 0 fully saturated rings. The van der Waals surface area contributed by atoms with Crippen LogP contribution in [-0.4, -0.2) is 22.5 Å². The van der Waals surface area contributed by atoms with Gasteiger partial charge in [0.25, 0.3) is 0 Å². The molecule has 0 aliphatic rings. The van der Waals surface area contributed by atoms with E-state index >= 15 is 0 Å². The Kier molecular flexibility index (Phi) is 5.85. The Hall–Kier alpha value is -1.04. The van der Waals surface area contributed by atoms with E-state index in [0.717, 1.165) is 11.3 Å². The fraction of sp³-hybridized carbons (Fsp3) is 0.769. The van der Waals surface area contributed by atoms with Gasteiger partial charge in [0.15, 0.2) is 0 Å². The maximum absolute atomic E-state index is 11.9. The van der Waals surface area contributed by atoms with E-state index in [1.54, 1.807) is 4.68 Å². The summed E-state index contributed by atoms with van der Waals surface area (Å²) < 4.78 is 37.6. The monoisotopic (exact) mass is 277 g/mol. The fourth-order valence-corrected chi connectivity index (χ4v) is 1.98. The third kappa shape index (κ3) is 6.09. The van der Waals surface area contributed by atoms with Gasteiger partial charge in [0.05, 0.1) is 5.69 Å². The van der Waals surface area contributed by atoms with Gasteiger partial charge in [-0.05, 0) is 25.3 Å². The largest absolute Gasteiger partial charge is 0.389 e. The molecule has 0 amide bonds. The van der Waals surface area contributed by atoms with E-state index < -0.39 is 12.6 Å². The van der Waals surface area contributed by atoms with Crippen molar-refractivity contribution in [1.29, 1.82) is 0 Å². The highest BCUT2D eigenvalue weighted by molar-refractivity contribution is 5.19. The maximum Gasteiger partial charge on any atom is 0.389 e. The highest BCUT2D eigenvalue weighted by atomic mass is 19.4. The molecule has 1 aromatic rings. The maximum atomic E-state index is 11.9. The van der Waals surface area contributed by atoms with Crippen LogP contribution < -0.4 is 5.32 Å². The number of halogens is 3. The summed E-state index contributed by atoms with van der Waals surface area (Å²) in [7, 11) is 1.87. The van der Waals surface area contributed by atoms with E-state index in [1.807, 2.05) is 13.2 Å². The van der Waals surface area contributed by atoms with Crippen molar-refractivity contribution in [3.05, 3.63) is 17.5 Å². The van der Waals surface area contributed by atoms with Crippen molar-refractivity contribution in [2.45, 2.75) is 51.7 Å². The molecule has 0 unspecified atom stereocenters. The lowest BCUT2D eigenvalue weighted by Crippen LogP contribution is -2.16. The standard InChI is InChI=1S/C13H22F3N3/c1-10(2)12-11(9-19(3)18-12)8-17-7-5-4-6-13(14,15)16/h9-10,17H,4-8H2,1-3H3. The number of aryl methyl sites for hydroxylation is 1. The van der Waals surface area contributed by atoms with Crippen molar-refractivity contribution in [3.63, 3.8) is 0 Å². The van der Waals surface area contributed by atoms with Crippen LogP contribution in [0.3, 0.4) is 0 Å². The van der Waals surface area contributed by atoms with E-state index in [9.17, 15) is 13.2 Å². The van der Waals surface area contributed by atoms with Crippen LogP contribution in [0.2, 0.25) is 0 Å². The minimum Gasteiger partial charge on any atom is -0.313 e. The third-order valence-electron chi connectivity index (χ3n) is 2.86. The van der Waals surface area contributed by atoms with Gasteiger partial charge < -0.3 is 5.32 Å². The van der Waals surface area contributed by atoms with Crippen molar-refractivity contribution in [2.24, 2.45) is 7.05 Å². The minimum absolute atomic E-state index is 0.181. The molecule has 19 heavy (non-hydrogen) atoms. The molecule has 1 rings (SSSR count). The van der Waals surface area contributed by atoms with Crippen molar-refractivity contribution in [2.75, 3.05) is 6.54 Å². The fourth-order valence-electron chi connectivity index (χ4n) is 1.98. The highest BCUT2D eigenvalue weighted by Gasteiger charge is 2.25. The van der Waals surface area contributed by atoms with Gasteiger partial charge in [-0.25, -0.2) is 0 Å². The number of nitrogens with one attached hydrogen (secondary N) is 1. The lowest BCUT2D eigenvalue weighted by molar-refractivity contribution is -0.135. The van der Waals surface area contributed by atoms with Crippen LogP contribution in [0.25, 0.3) is 0 Å². The predicted molar refractivity (Wildman–Crippen MR) is 68.9 cm³/mol. The molecule has 0 saturated heterocycles. The Morgan fingerprint density at radius 1 is 1.32 bits per heavy atom. The summed E-state index contributed by atoms with van der Waals surface area (Å²) in [4.78, 5) is 0. The first-order valence-corrected chi connectivity index (χ1v) is 6.59. The second-order valence-electron chi connectivity index (χ2n) is 5.12. The minimum atomic E-state index is -4.03. The number of hydrogen-bond donors (Lipinski definition) is 1. The van der Waals surface area contributed by atoms with Gasteiger partial charge in [-0.15, -0.1) is 0 Å². The Labute approximate surface area is 112 Å². The summed E-state index contributed by atoms with van der Waals surface area (Å²) in [6, 6.07) is 0. The zero-order valence-corrected chi connectivity index (χ0v) is 11.7. The third-order valence-corrected chi connectivity index (χ3v) is 2.86. The number of rotatable bonds is 7.